The lowest BCUT2D eigenvalue weighted by molar-refractivity contribution is -0.121. The second-order valence-corrected chi connectivity index (χ2v) is 7.89. The minimum atomic E-state index is -3.34. The predicted octanol–water partition coefficient (Wildman–Crippen LogP) is -0.714. The Hall–Kier alpha value is -0.730. The van der Waals surface area contributed by atoms with Crippen LogP contribution in [0.25, 0.3) is 0 Å². The normalized spacial score (nSPS) is 19.9. The van der Waals surface area contributed by atoms with Crippen molar-refractivity contribution in [2.45, 2.75) is 31.1 Å². The Morgan fingerprint density at radius 3 is 2.42 bits per heavy atom. The van der Waals surface area contributed by atoms with Gasteiger partial charge in [0.15, 0.2) is 9.84 Å². The summed E-state index contributed by atoms with van der Waals surface area (Å²) >= 11 is 4.85. The number of amides is 1. The first-order chi connectivity index (χ1) is 8.70. The van der Waals surface area contributed by atoms with Gasteiger partial charge < -0.3 is 11.1 Å². The molecule has 0 aliphatic carbocycles. The van der Waals surface area contributed by atoms with Crippen LogP contribution in [-0.2, 0) is 14.6 Å². The first kappa shape index (κ1) is 16.3. The van der Waals surface area contributed by atoms with Crippen LogP contribution in [0, 0.1) is 0 Å². The summed E-state index contributed by atoms with van der Waals surface area (Å²) in [7, 11) is -3.34. The third-order valence-electron chi connectivity index (χ3n) is 3.32. The van der Waals surface area contributed by atoms with Crippen LogP contribution >= 0.6 is 12.2 Å². The van der Waals surface area contributed by atoms with Gasteiger partial charge >= 0.3 is 0 Å². The molecule has 110 valence electrons. The molecule has 1 aliphatic heterocycles. The van der Waals surface area contributed by atoms with Crippen molar-refractivity contribution in [3.05, 3.63) is 0 Å². The molecule has 0 spiro atoms. The van der Waals surface area contributed by atoms with Crippen molar-refractivity contribution in [2.75, 3.05) is 25.9 Å². The van der Waals surface area contributed by atoms with Gasteiger partial charge in [0.1, 0.15) is 5.25 Å². The highest BCUT2D eigenvalue weighted by Crippen LogP contribution is 2.11. The molecule has 0 saturated carbocycles. The Morgan fingerprint density at radius 2 is 2.00 bits per heavy atom. The molecule has 1 saturated heterocycles. The number of nitrogens with zero attached hydrogens (tertiary/aromatic N) is 1. The number of nitrogens with two attached hydrogens (primary N) is 1. The van der Waals surface area contributed by atoms with E-state index in [0.29, 0.717) is 11.5 Å². The van der Waals surface area contributed by atoms with Gasteiger partial charge in [0.05, 0.1) is 4.99 Å². The number of carbonyl (C=O) groups excluding carboxylic acids is 1. The molecule has 19 heavy (non-hydrogen) atoms. The van der Waals surface area contributed by atoms with E-state index in [1.807, 2.05) is 0 Å². The molecular formula is C11H21N3O3S2. The molecule has 8 heteroatoms. The Kier molecular flexibility index (Phi) is 5.69. The van der Waals surface area contributed by atoms with Crippen LogP contribution < -0.4 is 11.1 Å². The van der Waals surface area contributed by atoms with Crippen LogP contribution in [0.3, 0.4) is 0 Å². The Labute approximate surface area is 119 Å². The first-order valence-corrected chi connectivity index (χ1v) is 8.56. The van der Waals surface area contributed by atoms with E-state index in [4.69, 9.17) is 18.0 Å². The number of sulfone groups is 1. The van der Waals surface area contributed by atoms with Gasteiger partial charge in [-0.3, -0.25) is 9.69 Å². The molecule has 1 atom stereocenters. The maximum absolute atomic E-state index is 11.8. The zero-order chi connectivity index (χ0) is 14.6. The van der Waals surface area contributed by atoms with Gasteiger partial charge in [0.2, 0.25) is 5.91 Å². The van der Waals surface area contributed by atoms with E-state index in [-0.39, 0.29) is 6.04 Å². The number of nitrogens with one attached hydrogen (secondary N) is 1. The third kappa shape index (κ3) is 5.42. The molecule has 1 fully saturated rings. The van der Waals surface area contributed by atoms with Crippen molar-refractivity contribution in [2.24, 2.45) is 5.73 Å². The van der Waals surface area contributed by atoms with Crippen LogP contribution in [0.4, 0.5) is 0 Å². The summed E-state index contributed by atoms with van der Waals surface area (Å²) in [4.78, 5) is 14.4. The van der Waals surface area contributed by atoms with Crippen molar-refractivity contribution in [3.8, 4) is 0 Å². The van der Waals surface area contributed by atoms with E-state index >= 15 is 0 Å². The molecular weight excluding hydrogens is 286 g/mol. The van der Waals surface area contributed by atoms with E-state index < -0.39 is 21.0 Å². The van der Waals surface area contributed by atoms with E-state index in [9.17, 15) is 13.2 Å². The third-order valence-corrected chi connectivity index (χ3v) is 4.95. The molecule has 1 heterocycles. The average molecular weight is 307 g/mol. The number of thiocarbonyl (C=S) groups is 1. The van der Waals surface area contributed by atoms with E-state index in [0.717, 1.165) is 32.2 Å². The van der Waals surface area contributed by atoms with Crippen LogP contribution in [0.2, 0.25) is 0 Å². The van der Waals surface area contributed by atoms with Crippen molar-refractivity contribution >= 4 is 33.0 Å². The summed E-state index contributed by atoms with van der Waals surface area (Å²) in [6, 6.07) is 0.0271. The largest absolute Gasteiger partial charge is 0.392 e. The maximum atomic E-state index is 11.8. The second-order valence-electron chi connectivity index (χ2n) is 5.00. The summed E-state index contributed by atoms with van der Waals surface area (Å²) in [5.74, 6) is -0.421. The molecule has 3 N–H and O–H groups in total. The molecule has 6 nitrogen and oxygen atoms in total. The SMILES string of the molecule is CC(C(=O)NC1CCN(CC(N)=S)CC1)S(C)(=O)=O. The molecule has 0 aromatic heterocycles. The number of hydrogen-bond donors (Lipinski definition) is 2. The van der Waals surface area contributed by atoms with Crippen LogP contribution in [0.5, 0.6) is 0 Å². The standard InChI is InChI=1S/C11H21N3O3S2/c1-8(19(2,16)17)11(15)13-9-3-5-14(6-4-9)7-10(12)18/h8-9H,3-7H2,1-2H3,(H2,12,18)(H,13,15). The van der Waals surface area contributed by atoms with Gasteiger partial charge in [-0.1, -0.05) is 12.2 Å². The fourth-order valence-electron chi connectivity index (χ4n) is 1.97. The fourth-order valence-corrected chi connectivity index (χ4v) is 2.61. The Bertz CT molecular complexity index is 442. The van der Waals surface area contributed by atoms with Gasteiger partial charge in [-0.15, -0.1) is 0 Å². The van der Waals surface area contributed by atoms with Crippen molar-refractivity contribution in [1.29, 1.82) is 0 Å². The number of carbonyl (C=O) groups is 1. The zero-order valence-electron chi connectivity index (χ0n) is 11.3. The van der Waals surface area contributed by atoms with Crippen LogP contribution in [0.1, 0.15) is 19.8 Å². The van der Waals surface area contributed by atoms with Gasteiger partial charge in [0.25, 0.3) is 0 Å². The minimum Gasteiger partial charge on any atom is -0.392 e. The number of hydrogen-bond acceptors (Lipinski definition) is 5. The van der Waals surface area contributed by atoms with E-state index in [2.05, 4.69) is 10.2 Å². The summed E-state index contributed by atoms with van der Waals surface area (Å²) in [6.45, 7) is 3.60. The van der Waals surface area contributed by atoms with Crippen LogP contribution in [-0.4, -0.2) is 61.4 Å². The lowest BCUT2D eigenvalue weighted by atomic mass is 10.0. The van der Waals surface area contributed by atoms with Gasteiger partial charge in [-0.05, 0) is 19.8 Å². The summed E-state index contributed by atoms with van der Waals surface area (Å²) in [5.41, 5.74) is 5.48. The molecule has 1 amide bonds. The summed E-state index contributed by atoms with van der Waals surface area (Å²) in [5, 5.41) is 1.79. The highest BCUT2D eigenvalue weighted by Gasteiger charge is 2.27. The lowest BCUT2D eigenvalue weighted by Gasteiger charge is -2.32. The number of piperidine rings is 1. The predicted molar refractivity (Wildman–Crippen MR) is 78.7 cm³/mol. The average Bonchev–Trinajstić information content (AvgIpc) is 2.28. The highest BCUT2D eigenvalue weighted by atomic mass is 32.2. The van der Waals surface area contributed by atoms with E-state index in [1.165, 1.54) is 6.92 Å². The van der Waals surface area contributed by atoms with Crippen LogP contribution in [0.15, 0.2) is 0 Å². The van der Waals surface area contributed by atoms with E-state index in [1.54, 1.807) is 0 Å². The summed E-state index contributed by atoms with van der Waals surface area (Å²) in [6.07, 6.45) is 2.64. The molecule has 1 aliphatic rings. The number of rotatable bonds is 5. The van der Waals surface area contributed by atoms with Gasteiger partial charge in [-0.25, -0.2) is 8.42 Å². The molecule has 1 rings (SSSR count). The smallest absolute Gasteiger partial charge is 0.238 e. The Morgan fingerprint density at radius 1 is 1.47 bits per heavy atom. The zero-order valence-corrected chi connectivity index (χ0v) is 12.9. The van der Waals surface area contributed by atoms with Gasteiger partial charge in [-0.2, -0.15) is 0 Å². The second kappa shape index (κ2) is 6.62. The molecule has 0 bridgehead atoms. The molecule has 0 aromatic carbocycles. The summed E-state index contributed by atoms with van der Waals surface area (Å²) < 4.78 is 22.6. The fraction of sp³-hybridized carbons (Fsp3) is 0.818. The topological polar surface area (TPSA) is 92.5 Å². The number of likely N-dealkylation sites (tertiary alicyclic amines) is 1. The molecule has 1 unspecified atom stereocenters. The molecule has 0 radical (unpaired) electrons. The minimum absolute atomic E-state index is 0.0271. The lowest BCUT2D eigenvalue weighted by Crippen LogP contribution is -2.49. The maximum Gasteiger partial charge on any atom is 0.238 e. The van der Waals surface area contributed by atoms with Gasteiger partial charge in [0, 0.05) is 31.9 Å². The quantitative estimate of drug-likeness (QED) is 0.652. The van der Waals surface area contributed by atoms with Crippen molar-refractivity contribution in [3.63, 3.8) is 0 Å². The first-order valence-electron chi connectivity index (χ1n) is 6.20. The van der Waals surface area contributed by atoms with Crippen molar-refractivity contribution < 1.29 is 13.2 Å². The monoisotopic (exact) mass is 307 g/mol. The Balaban J connectivity index is 2.41. The van der Waals surface area contributed by atoms with Crippen molar-refractivity contribution in [1.82, 2.24) is 10.2 Å². The highest BCUT2D eigenvalue weighted by molar-refractivity contribution is 7.92. The molecule has 0 aromatic rings.